The molecule has 1 aromatic rings. The molecule has 8 heteroatoms. The Hall–Kier alpha value is -2.52. The van der Waals surface area contributed by atoms with Crippen molar-refractivity contribution in [1.82, 2.24) is 0 Å². The largest absolute Gasteiger partial charge is 0.462 e. The van der Waals surface area contributed by atoms with Crippen molar-refractivity contribution in [3.05, 3.63) is 59.2 Å². The van der Waals surface area contributed by atoms with Crippen molar-refractivity contribution in [2.45, 2.75) is 90.0 Å². The number of fused-ring (bicyclic) bond motifs is 2. The normalized spacial score (nSPS) is 37.9. The number of aliphatic hydroxyl groups excluding tert-OH is 3. The van der Waals surface area contributed by atoms with Gasteiger partial charge in [-0.15, -0.1) is 0 Å². The monoisotopic (exact) mass is 514 g/mol. The molecule has 8 nitrogen and oxygen atoms in total. The van der Waals surface area contributed by atoms with Crippen molar-refractivity contribution < 1.29 is 39.5 Å². The van der Waals surface area contributed by atoms with Crippen molar-refractivity contribution >= 4 is 11.9 Å². The SMILES string of the molecule is C=C1[C@H]2C[C@]3(C(C)(C)O)C[C@H](O)C(C)=C3[C@@H](O)[C@H](OC(=O)c3ccccc3)[C@@]2(C)[C@@H](OC(C)=O)C[C@@H]1O. The third kappa shape index (κ3) is 4.24. The first kappa shape index (κ1) is 27.5. The second kappa shape index (κ2) is 9.34. The number of hydrogen-bond donors (Lipinski definition) is 4. The Morgan fingerprint density at radius 3 is 2.24 bits per heavy atom. The zero-order chi connectivity index (χ0) is 27.5. The molecule has 0 amide bonds. The summed E-state index contributed by atoms with van der Waals surface area (Å²) in [6.07, 6.45) is -5.15. The van der Waals surface area contributed by atoms with Gasteiger partial charge in [0.25, 0.3) is 0 Å². The van der Waals surface area contributed by atoms with Gasteiger partial charge in [0.15, 0.2) is 0 Å². The minimum atomic E-state index is -1.42. The van der Waals surface area contributed by atoms with E-state index in [1.54, 1.807) is 58.0 Å². The maximum Gasteiger partial charge on any atom is 0.338 e. The summed E-state index contributed by atoms with van der Waals surface area (Å²) in [5, 5.41) is 45.5. The summed E-state index contributed by atoms with van der Waals surface area (Å²) in [6.45, 7) is 12.2. The molecule has 0 spiro atoms. The van der Waals surface area contributed by atoms with Crippen LogP contribution in [0.4, 0.5) is 0 Å². The van der Waals surface area contributed by atoms with Gasteiger partial charge in [0.2, 0.25) is 0 Å². The Balaban J connectivity index is 1.96. The van der Waals surface area contributed by atoms with Gasteiger partial charge in [-0.1, -0.05) is 31.7 Å². The van der Waals surface area contributed by atoms with Crippen molar-refractivity contribution in [1.29, 1.82) is 0 Å². The van der Waals surface area contributed by atoms with E-state index in [0.717, 1.165) is 0 Å². The number of carbonyl (C=O) groups excluding carboxylic acids is 2. The summed E-state index contributed by atoms with van der Waals surface area (Å²) in [4.78, 5) is 25.5. The molecule has 8 atom stereocenters. The summed E-state index contributed by atoms with van der Waals surface area (Å²) in [5.74, 6) is -1.87. The highest BCUT2D eigenvalue weighted by molar-refractivity contribution is 5.89. The molecule has 2 fully saturated rings. The van der Waals surface area contributed by atoms with Crippen molar-refractivity contribution in [2.24, 2.45) is 16.7 Å². The predicted octanol–water partition coefficient (Wildman–Crippen LogP) is 2.69. The lowest BCUT2D eigenvalue weighted by Crippen LogP contribution is -2.59. The summed E-state index contributed by atoms with van der Waals surface area (Å²) in [6, 6.07) is 8.37. The quantitative estimate of drug-likeness (QED) is 0.356. The average molecular weight is 515 g/mol. The Morgan fingerprint density at radius 1 is 1.05 bits per heavy atom. The summed E-state index contributed by atoms with van der Waals surface area (Å²) >= 11 is 0. The molecule has 2 saturated carbocycles. The average Bonchev–Trinajstić information content (AvgIpc) is 3.04. The topological polar surface area (TPSA) is 134 Å². The van der Waals surface area contributed by atoms with E-state index in [-0.39, 0.29) is 24.8 Å². The van der Waals surface area contributed by atoms with Crippen molar-refractivity contribution in [3.63, 3.8) is 0 Å². The van der Waals surface area contributed by atoms with E-state index in [1.165, 1.54) is 6.92 Å². The smallest absolute Gasteiger partial charge is 0.338 e. The second-order valence-corrected chi connectivity index (χ2v) is 11.6. The molecule has 3 aliphatic carbocycles. The maximum atomic E-state index is 13.3. The van der Waals surface area contributed by atoms with Gasteiger partial charge in [0.05, 0.1) is 28.8 Å². The van der Waals surface area contributed by atoms with Gasteiger partial charge in [-0.3, -0.25) is 4.79 Å². The third-order valence-corrected chi connectivity index (χ3v) is 9.21. The van der Waals surface area contributed by atoms with Gasteiger partial charge >= 0.3 is 11.9 Å². The van der Waals surface area contributed by atoms with Crippen LogP contribution in [0, 0.1) is 16.7 Å². The maximum absolute atomic E-state index is 13.3. The fourth-order valence-corrected chi connectivity index (χ4v) is 7.05. The molecule has 0 saturated heterocycles. The molecule has 37 heavy (non-hydrogen) atoms. The Morgan fingerprint density at radius 2 is 1.68 bits per heavy atom. The van der Waals surface area contributed by atoms with E-state index in [0.29, 0.717) is 16.7 Å². The number of rotatable bonds is 4. The molecule has 0 radical (unpaired) electrons. The first-order chi connectivity index (χ1) is 17.1. The highest BCUT2D eigenvalue weighted by Gasteiger charge is 2.67. The molecule has 0 bridgehead atoms. The van der Waals surface area contributed by atoms with Crippen molar-refractivity contribution in [2.75, 3.05) is 0 Å². The molecule has 3 aliphatic rings. The molecule has 1 aromatic carbocycles. The standard InChI is InChI=1S/C29H38O8/c1-15-19-13-29(27(4,5)35)14-21(32)16(2)23(29)24(33)25(37-26(34)18-10-8-7-9-11-18)28(19,6)22(12-20(15)31)36-17(3)30/h7-11,19-22,24-25,31-33,35H,1,12-14H2,2-6H3/t19-,20+,21+,22+,24-,25+,28-,29+/m1/s1. The van der Waals surface area contributed by atoms with Gasteiger partial charge in [0.1, 0.15) is 18.3 Å². The van der Waals surface area contributed by atoms with E-state index >= 15 is 0 Å². The van der Waals surface area contributed by atoms with Gasteiger partial charge in [-0.05, 0) is 68.4 Å². The number of aliphatic hydroxyl groups is 4. The van der Waals surface area contributed by atoms with Crippen LogP contribution in [-0.2, 0) is 14.3 Å². The van der Waals surface area contributed by atoms with Crippen LogP contribution < -0.4 is 0 Å². The number of benzene rings is 1. The molecule has 0 aliphatic heterocycles. The van der Waals surface area contributed by atoms with Gasteiger partial charge in [0, 0.05) is 18.8 Å². The van der Waals surface area contributed by atoms with Gasteiger partial charge in [-0.25, -0.2) is 4.79 Å². The first-order valence-electron chi connectivity index (χ1n) is 12.7. The van der Waals surface area contributed by atoms with E-state index in [1.807, 2.05) is 0 Å². The number of ether oxygens (including phenoxy) is 2. The van der Waals surface area contributed by atoms with Crippen LogP contribution in [-0.4, -0.2) is 68.5 Å². The molecule has 0 aromatic heterocycles. The van der Waals surface area contributed by atoms with Crippen LogP contribution in [0.2, 0.25) is 0 Å². The third-order valence-electron chi connectivity index (χ3n) is 9.21. The number of hydrogen-bond acceptors (Lipinski definition) is 8. The summed E-state index contributed by atoms with van der Waals surface area (Å²) in [5.41, 5.74) is -2.07. The van der Waals surface area contributed by atoms with Gasteiger partial charge in [-0.2, -0.15) is 0 Å². The molecular formula is C29H38O8. The van der Waals surface area contributed by atoms with Crippen LogP contribution in [0.3, 0.4) is 0 Å². The van der Waals surface area contributed by atoms with E-state index in [9.17, 15) is 30.0 Å². The lowest BCUT2D eigenvalue weighted by molar-refractivity contribution is -0.182. The fourth-order valence-electron chi connectivity index (χ4n) is 7.05. The summed E-state index contributed by atoms with van der Waals surface area (Å²) < 4.78 is 11.8. The fraction of sp³-hybridized carbons (Fsp3) is 0.586. The van der Waals surface area contributed by atoms with Crippen LogP contribution in [0.1, 0.15) is 64.2 Å². The molecular weight excluding hydrogens is 476 g/mol. The number of carbonyl (C=O) groups is 2. The van der Waals surface area contributed by atoms with E-state index in [2.05, 4.69) is 6.58 Å². The van der Waals surface area contributed by atoms with Crippen LogP contribution in [0.5, 0.6) is 0 Å². The van der Waals surface area contributed by atoms with E-state index in [4.69, 9.17) is 9.47 Å². The van der Waals surface area contributed by atoms with Crippen LogP contribution in [0.15, 0.2) is 53.6 Å². The minimum absolute atomic E-state index is 0.0215. The molecule has 4 rings (SSSR count). The zero-order valence-electron chi connectivity index (χ0n) is 22.1. The Labute approximate surface area is 217 Å². The molecule has 202 valence electrons. The predicted molar refractivity (Wildman–Crippen MR) is 135 cm³/mol. The second-order valence-electron chi connectivity index (χ2n) is 11.6. The Bertz CT molecular complexity index is 1120. The minimum Gasteiger partial charge on any atom is -0.462 e. The highest BCUT2D eigenvalue weighted by Crippen LogP contribution is 2.64. The molecule has 0 heterocycles. The van der Waals surface area contributed by atoms with Crippen molar-refractivity contribution in [3.8, 4) is 0 Å². The lowest BCUT2D eigenvalue weighted by atomic mass is 9.56. The lowest BCUT2D eigenvalue weighted by Gasteiger charge is -2.53. The number of esters is 2. The summed E-state index contributed by atoms with van der Waals surface area (Å²) in [7, 11) is 0. The van der Waals surface area contributed by atoms with Crippen LogP contribution >= 0.6 is 0 Å². The highest BCUT2D eigenvalue weighted by atomic mass is 16.6. The zero-order valence-corrected chi connectivity index (χ0v) is 22.1. The molecule has 0 unspecified atom stereocenters. The molecule has 4 N–H and O–H groups in total. The van der Waals surface area contributed by atoms with Crippen LogP contribution in [0.25, 0.3) is 0 Å². The van der Waals surface area contributed by atoms with Gasteiger partial charge < -0.3 is 29.9 Å². The Kier molecular flexibility index (Phi) is 6.95. The first-order valence-corrected chi connectivity index (χ1v) is 12.7. The van der Waals surface area contributed by atoms with E-state index < -0.39 is 64.8 Å².